The fourth-order valence-corrected chi connectivity index (χ4v) is 5.67. The van der Waals surface area contributed by atoms with Crippen LogP contribution >= 0.6 is 0 Å². The lowest BCUT2D eigenvalue weighted by molar-refractivity contribution is -0.214. The molecule has 0 aromatic carbocycles. The van der Waals surface area contributed by atoms with Gasteiger partial charge in [-0.25, -0.2) is 0 Å². The van der Waals surface area contributed by atoms with Crippen LogP contribution in [0, 0.1) is 17.3 Å². The second-order valence-electron chi connectivity index (χ2n) is 8.49. The maximum absolute atomic E-state index is 9.82. The smallest absolute Gasteiger partial charge is 0.0635 e. The zero-order valence-electron chi connectivity index (χ0n) is 13.5. The van der Waals surface area contributed by atoms with Crippen LogP contribution in [0.2, 0.25) is 0 Å². The van der Waals surface area contributed by atoms with E-state index in [1.54, 1.807) is 0 Å². The predicted molar refractivity (Wildman–Crippen MR) is 81.6 cm³/mol. The lowest BCUT2D eigenvalue weighted by Crippen LogP contribution is -2.55. The van der Waals surface area contributed by atoms with Crippen LogP contribution < -0.4 is 0 Å². The van der Waals surface area contributed by atoms with E-state index >= 15 is 0 Å². The Bertz CT molecular complexity index is 343. The van der Waals surface area contributed by atoms with Crippen LogP contribution in [-0.2, 0) is 4.74 Å². The minimum absolute atomic E-state index is 0.0311. The van der Waals surface area contributed by atoms with Gasteiger partial charge in [-0.2, -0.15) is 0 Å². The molecule has 0 aromatic heterocycles. The van der Waals surface area contributed by atoms with E-state index in [1.807, 2.05) is 0 Å². The first-order valence-corrected chi connectivity index (χ1v) is 8.77. The molecule has 0 spiro atoms. The zero-order valence-corrected chi connectivity index (χ0v) is 13.5. The molecular weight excluding hydrogens is 248 g/mol. The highest BCUT2D eigenvalue weighted by molar-refractivity contribution is 5.02. The third kappa shape index (κ3) is 2.66. The van der Waals surface area contributed by atoms with Crippen molar-refractivity contribution < 1.29 is 9.84 Å². The number of rotatable bonds is 1. The molecule has 3 atom stereocenters. The maximum Gasteiger partial charge on any atom is 0.0635 e. The Balaban J connectivity index is 1.83. The highest BCUT2D eigenvalue weighted by Gasteiger charge is 2.53. The topological polar surface area (TPSA) is 29.5 Å². The molecule has 3 unspecified atom stereocenters. The molecule has 2 saturated carbocycles. The molecule has 2 nitrogen and oxygen atoms in total. The monoisotopic (exact) mass is 280 g/mol. The molecule has 1 aliphatic heterocycles. The third-order valence-corrected chi connectivity index (χ3v) is 6.46. The van der Waals surface area contributed by atoms with E-state index in [-0.39, 0.29) is 11.7 Å². The van der Waals surface area contributed by atoms with E-state index in [0.29, 0.717) is 11.5 Å². The molecule has 0 bridgehead atoms. The number of hydrogen-bond acceptors (Lipinski definition) is 2. The van der Waals surface area contributed by atoms with Crippen molar-refractivity contribution >= 4 is 0 Å². The summed E-state index contributed by atoms with van der Waals surface area (Å²) < 4.78 is 6.44. The molecule has 0 radical (unpaired) electrons. The quantitative estimate of drug-likeness (QED) is 0.776. The Morgan fingerprint density at radius 1 is 0.900 bits per heavy atom. The van der Waals surface area contributed by atoms with Gasteiger partial charge < -0.3 is 9.84 Å². The molecule has 0 amide bonds. The summed E-state index contributed by atoms with van der Waals surface area (Å²) in [4.78, 5) is 0. The maximum atomic E-state index is 9.82. The van der Waals surface area contributed by atoms with Crippen molar-refractivity contribution in [3.63, 3.8) is 0 Å². The van der Waals surface area contributed by atoms with Gasteiger partial charge in [-0.15, -0.1) is 0 Å². The molecular formula is C18H32O2. The Kier molecular flexibility index (Phi) is 3.92. The Labute approximate surface area is 124 Å². The van der Waals surface area contributed by atoms with Crippen molar-refractivity contribution in [3.05, 3.63) is 0 Å². The van der Waals surface area contributed by atoms with E-state index in [1.165, 1.54) is 44.9 Å². The fourth-order valence-electron chi connectivity index (χ4n) is 5.67. The summed E-state index contributed by atoms with van der Waals surface area (Å²) in [7, 11) is 0. The molecule has 116 valence electrons. The molecule has 1 heterocycles. The molecule has 3 rings (SSSR count). The first-order chi connectivity index (χ1) is 9.41. The lowest BCUT2D eigenvalue weighted by atomic mass is 9.54. The van der Waals surface area contributed by atoms with Gasteiger partial charge in [0.15, 0.2) is 0 Å². The second-order valence-corrected chi connectivity index (χ2v) is 8.49. The minimum Gasteiger partial charge on any atom is -0.393 e. The Hall–Kier alpha value is -0.0800. The summed E-state index contributed by atoms with van der Waals surface area (Å²) in [5.74, 6) is 1.55. The summed E-state index contributed by atoms with van der Waals surface area (Å²) >= 11 is 0. The molecule has 20 heavy (non-hydrogen) atoms. The van der Waals surface area contributed by atoms with Crippen LogP contribution in [0.3, 0.4) is 0 Å². The van der Waals surface area contributed by atoms with Crippen LogP contribution in [0.4, 0.5) is 0 Å². The van der Waals surface area contributed by atoms with Crippen molar-refractivity contribution in [2.45, 2.75) is 96.4 Å². The van der Waals surface area contributed by atoms with Crippen LogP contribution in [0.1, 0.15) is 78.6 Å². The van der Waals surface area contributed by atoms with E-state index in [9.17, 15) is 5.11 Å². The van der Waals surface area contributed by atoms with Crippen molar-refractivity contribution in [1.82, 2.24) is 0 Å². The molecule has 3 aliphatic rings. The Morgan fingerprint density at radius 3 is 2.25 bits per heavy atom. The number of hydrogen-bond donors (Lipinski definition) is 1. The summed E-state index contributed by atoms with van der Waals surface area (Å²) in [6, 6.07) is 0. The van der Waals surface area contributed by atoms with Crippen LogP contribution in [0.15, 0.2) is 0 Å². The standard InChI is InChI=1S/C18H32O2/c1-17(2)12-18(3,13-8-10-14(19)11-9-13)15-6-4-5-7-16(15)20-17/h13-16,19H,4-12H2,1-3H3. The van der Waals surface area contributed by atoms with Gasteiger partial charge in [-0.05, 0) is 76.0 Å². The van der Waals surface area contributed by atoms with E-state index in [0.717, 1.165) is 24.7 Å². The normalized spacial score (nSPS) is 48.6. The molecule has 1 saturated heterocycles. The largest absolute Gasteiger partial charge is 0.393 e. The van der Waals surface area contributed by atoms with Gasteiger partial charge in [-0.1, -0.05) is 19.8 Å². The summed E-state index contributed by atoms with van der Waals surface area (Å²) in [5, 5.41) is 9.82. The van der Waals surface area contributed by atoms with E-state index < -0.39 is 0 Å². The first kappa shape index (κ1) is 14.8. The van der Waals surface area contributed by atoms with Gasteiger partial charge in [0.1, 0.15) is 0 Å². The zero-order chi connectivity index (χ0) is 14.4. The Morgan fingerprint density at radius 2 is 1.55 bits per heavy atom. The number of fused-ring (bicyclic) bond motifs is 1. The van der Waals surface area contributed by atoms with Gasteiger partial charge in [0, 0.05) is 0 Å². The van der Waals surface area contributed by atoms with Gasteiger partial charge >= 0.3 is 0 Å². The lowest BCUT2D eigenvalue weighted by Gasteiger charge is -2.58. The van der Waals surface area contributed by atoms with Gasteiger partial charge in [0.25, 0.3) is 0 Å². The molecule has 3 fully saturated rings. The van der Waals surface area contributed by atoms with Crippen LogP contribution in [-0.4, -0.2) is 22.9 Å². The first-order valence-electron chi connectivity index (χ1n) is 8.77. The number of aliphatic hydroxyl groups excluding tert-OH is 1. The highest BCUT2D eigenvalue weighted by atomic mass is 16.5. The summed E-state index contributed by atoms with van der Waals surface area (Å²) in [6.45, 7) is 7.12. The van der Waals surface area contributed by atoms with Crippen molar-refractivity contribution in [2.75, 3.05) is 0 Å². The average molecular weight is 280 g/mol. The van der Waals surface area contributed by atoms with Crippen LogP contribution in [0.5, 0.6) is 0 Å². The van der Waals surface area contributed by atoms with Gasteiger partial charge in [-0.3, -0.25) is 0 Å². The molecule has 2 heteroatoms. The van der Waals surface area contributed by atoms with Crippen molar-refractivity contribution in [3.8, 4) is 0 Å². The SMILES string of the molecule is CC1(C)CC(C)(C2CCC(O)CC2)C2CCCCC2O1. The number of ether oxygens (including phenoxy) is 1. The van der Waals surface area contributed by atoms with E-state index in [4.69, 9.17) is 4.74 Å². The van der Waals surface area contributed by atoms with E-state index in [2.05, 4.69) is 20.8 Å². The molecule has 1 N–H and O–H groups in total. The molecule has 0 aromatic rings. The van der Waals surface area contributed by atoms with Crippen molar-refractivity contribution in [2.24, 2.45) is 17.3 Å². The predicted octanol–water partition coefficient (Wildman–Crippen LogP) is 4.30. The number of aliphatic hydroxyl groups is 1. The summed E-state index contributed by atoms with van der Waals surface area (Å²) in [5.41, 5.74) is 0.455. The molecule has 2 aliphatic carbocycles. The average Bonchev–Trinajstić information content (AvgIpc) is 2.38. The van der Waals surface area contributed by atoms with Crippen LogP contribution in [0.25, 0.3) is 0 Å². The highest BCUT2D eigenvalue weighted by Crippen LogP contribution is 2.57. The third-order valence-electron chi connectivity index (χ3n) is 6.46. The fraction of sp³-hybridized carbons (Fsp3) is 1.00. The van der Waals surface area contributed by atoms with Crippen molar-refractivity contribution in [1.29, 1.82) is 0 Å². The van der Waals surface area contributed by atoms with Gasteiger partial charge in [0.05, 0.1) is 17.8 Å². The summed E-state index contributed by atoms with van der Waals surface area (Å²) in [6.07, 6.45) is 11.5. The van der Waals surface area contributed by atoms with Gasteiger partial charge in [0.2, 0.25) is 0 Å². The second kappa shape index (κ2) is 5.28. The minimum atomic E-state index is -0.0372.